The van der Waals surface area contributed by atoms with E-state index in [4.69, 9.17) is 9.84 Å². The molecular weight excluding hydrogens is 288 g/mol. The molecule has 5 heteroatoms. The van der Waals surface area contributed by atoms with Gasteiger partial charge in [-0.3, -0.25) is 4.79 Å². The molecule has 0 amide bonds. The van der Waals surface area contributed by atoms with Crippen molar-refractivity contribution in [2.45, 2.75) is 20.3 Å². The summed E-state index contributed by atoms with van der Waals surface area (Å²) in [7, 11) is 1.52. The third-order valence-electron chi connectivity index (χ3n) is 2.56. The fraction of sp³-hybridized carbons (Fsp3) is 0.417. The van der Waals surface area contributed by atoms with Crippen molar-refractivity contribution in [3.63, 3.8) is 0 Å². The van der Waals surface area contributed by atoms with Crippen molar-refractivity contribution in [2.75, 3.05) is 7.11 Å². The first kappa shape index (κ1) is 13.8. The Morgan fingerprint density at radius 1 is 1.47 bits per heavy atom. The largest absolute Gasteiger partial charge is 0.508 e. The Morgan fingerprint density at radius 3 is 2.53 bits per heavy atom. The Labute approximate surface area is 108 Å². The minimum absolute atomic E-state index is 0.0620. The first-order valence-corrected chi connectivity index (χ1v) is 5.86. The zero-order chi connectivity index (χ0) is 13.2. The standard InChI is InChI=1S/C12H15BrO4/c1-12(2,11(15)16)6-7-4-10(17-3)8(13)5-9(7)14/h4-5,14H,6H2,1-3H3,(H,15,16). The molecule has 2 N–H and O–H groups in total. The normalized spacial score (nSPS) is 11.3. The van der Waals surface area contributed by atoms with Crippen LogP contribution in [0.2, 0.25) is 0 Å². The smallest absolute Gasteiger partial charge is 0.309 e. The first-order valence-electron chi connectivity index (χ1n) is 5.06. The summed E-state index contributed by atoms with van der Waals surface area (Å²) >= 11 is 3.25. The fourth-order valence-electron chi connectivity index (χ4n) is 1.43. The second kappa shape index (κ2) is 4.96. The summed E-state index contributed by atoms with van der Waals surface area (Å²) in [5.74, 6) is -0.273. The van der Waals surface area contributed by atoms with E-state index in [0.717, 1.165) is 0 Å². The van der Waals surface area contributed by atoms with Gasteiger partial charge in [0.05, 0.1) is 17.0 Å². The highest BCUT2D eigenvalue weighted by molar-refractivity contribution is 9.10. The highest BCUT2D eigenvalue weighted by Gasteiger charge is 2.28. The maximum absolute atomic E-state index is 11.0. The van der Waals surface area contributed by atoms with E-state index in [1.165, 1.54) is 13.2 Å². The summed E-state index contributed by atoms with van der Waals surface area (Å²) < 4.78 is 5.74. The molecule has 1 aromatic rings. The van der Waals surface area contributed by atoms with E-state index in [0.29, 0.717) is 15.8 Å². The molecule has 0 saturated heterocycles. The summed E-state index contributed by atoms with van der Waals surface area (Å²) in [6, 6.07) is 3.15. The van der Waals surface area contributed by atoms with E-state index in [-0.39, 0.29) is 12.2 Å². The third-order valence-corrected chi connectivity index (χ3v) is 3.18. The first-order chi connectivity index (χ1) is 7.77. The number of carbonyl (C=O) groups is 1. The predicted octanol–water partition coefficient (Wildman–Crippen LogP) is 2.82. The van der Waals surface area contributed by atoms with Crippen LogP contribution < -0.4 is 4.74 Å². The van der Waals surface area contributed by atoms with Crippen LogP contribution in [0.4, 0.5) is 0 Å². The van der Waals surface area contributed by atoms with Gasteiger partial charge in [0, 0.05) is 0 Å². The van der Waals surface area contributed by atoms with Crippen LogP contribution in [0, 0.1) is 5.41 Å². The lowest BCUT2D eigenvalue weighted by Crippen LogP contribution is -2.26. The predicted molar refractivity (Wildman–Crippen MR) is 67.5 cm³/mol. The molecule has 0 spiro atoms. The van der Waals surface area contributed by atoms with Gasteiger partial charge in [-0.2, -0.15) is 0 Å². The average molecular weight is 303 g/mol. The number of hydrogen-bond donors (Lipinski definition) is 2. The maximum Gasteiger partial charge on any atom is 0.309 e. The van der Waals surface area contributed by atoms with Gasteiger partial charge in [0.2, 0.25) is 0 Å². The van der Waals surface area contributed by atoms with Crippen LogP contribution in [-0.4, -0.2) is 23.3 Å². The molecule has 94 valence electrons. The second-order valence-corrected chi connectivity index (χ2v) is 5.34. The number of aliphatic carboxylic acids is 1. The molecule has 0 atom stereocenters. The van der Waals surface area contributed by atoms with Gasteiger partial charge in [0.1, 0.15) is 11.5 Å². The quantitative estimate of drug-likeness (QED) is 0.897. The topological polar surface area (TPSA) is 66.8 Å². The minimum atomic E-state index is -0.934. The number of rotatable bonds is 4. The number of ether oxygens (including phenoxy) is 1. The van der Waals surface area contributed by atoms with Gasteiger partial charge in [-0.25, -0.2) is 0 Å². The lowest BCUT2D eigenvalue weighted by Gasteiger charge is -2.20. The molecule has 0 unspecified atom stereocenters. The van der Waals surface area contributed by atoms with E-state index in [2.05, 4.69) is 15.9 Å². The Balaban J connectivity index is 3.11. The Bertz CT molecular complexity index is 440. The molecule has 0 aliphatic carbocycles. The molecular formula is C12H15BrO4. The Hall–Kier alpha value is -1.23. The number of halogens is 1. The number of phenolic OH excluding ortho intramolecular Hbond substituents is 1. The number of aromatic hydroxyl groups is 1. The van der Waals surface area contributed by atoms with Gasteiger partial charge >= 0.3 is 5.97 Å². The number of methoxy groups -OCH3 is 1. The lowest BCUT2D eigenvalue weighted by molar-refractivity contribution is -0.146. The molecule has 0 aliphatic heterocycles. The van der Waals surface area contributed by atoms with Crippen molar-refractivity contribution < 1.29 is 19.7 Å². The molecule has 0 heterocycles. The molecule has 0 radical (unpaired) electrons. The minimum Gasteiger partial charge on any atom is -0.508 e. The van der Waals surface area contributed by atoms with Crippen molar-refractivity contribution in [1.29, 1.82) is 0 Å². The monoisotopic (exact) mass is 302 g/mol. The molecule has 1 rings (SSSR count). The van der Waals surface area contributed by atoms with Crippen LogP contribution in [-0.2, 0) is 11.2 Å². The second-order valence-electron chi connectivity index (χ2n) is 4.48. The summed E-state index contributed by atoms with van der Waals surface area (Å²) in [4.78, 5) is 11.0. The number of carboxylic acids is 1. The van der Waals surface area contributed by atoms with Gasteiger partial charge in [-0.05, 0) is 53.9 Å². The summed E-state index contributed by atoms with van der Waals surface area (Å²) in [5.41, 5.74) is -0.381. The zero-order valence-electron chi connectivity index (χ0n) is 9.95. The molecule has 17 heavy (non-hydrogen) atoms. The molecule has 0 fully saturated rings. The highest BCUT2D eigenvalue weighted by Crippen LogP contribution is 2.35. The highest BCUT2D eigenvalue weighted by atomic mass is 79.9. The van der Waals surface area contributed by atoms with E-state index in [1.807, 2.05) is 0 Å². The van der Waals surface area contributed by atoms with Gasteiger partial charge in [-0.1, -0.05) is 0 Å². The van der Waals surface area contributed by atoms with Crippen LogP contribution in [0.25, 0.3) is 0 Å². The van der Waals surface area contributed by atoms with Crippen LogP contribution in [0.1, 0.15) is 19.4 Å². The fourth-order valence-corrected chi connectivity index (χ4v) is 1.93. The van der Waals surface area contributed by atoms with Gasteiger partial charge < -0.3 is 14.9 Å². The molecule has 0 bridgehead atoms. The average Bonchev–Trinajstić information content (AvgIpc) is 2.21. The molecule has 1 aromatic carbocycles. The number of carboxylic acid groups (broad SMARTS) is 1. The third kappa shape index (κ3) is 3.12. The van der Waals surface area contributed by atoms with Crippen molar-refractivity contribution >= 4 is 21.9 Å². The van der Waals surface area contributed by atoms with E-state index in [9.17, 15) is 9.90 Å². The van der Waals surface area contributed by atoms with Gasteiger partial charge in [-0.15, -0.1) is 0 Å². The van der Waals surface area contributed by atoms with Crippen molar-refractivity contribution in [2.24, 2.45) is 5.41 Å². The van der Waals surface area contributed by atoms with Crippen molar-refractivity contribution in [3.05, 3.63) is 22.2 Å². The van der Waals surface area contributed by atoms with E-state index < -0.39 is 11.4 Å². The molecule has 0 saturated carbocycles. The van der Waals surface area contributed by atoms with E-state index >= 15 is 0 Å². The van der Waals surface area contributed by atoms with Crippen molar-refractivity contribution in [3.8, 4) is 11.5 Å². The van der Waals surface area contributed by atoms with Gasteiger partial charge in [0.25, 0.3) is 0 Å². The summed E-state index contributed by atoms with van der Waals surface area (Å²) in [5, 5.41) is 18.8. The molecule has 0 aliphatic rings. The summed E-state index contributed by atoms with van der Waals surface area (Å²) in [6.07, 6.45) is 0.234. The Morgan fingerprint density at radius 2 is 2.06 bits per heavy atom. The van der Waals surface area contributed by atoms with Gasteiger partial charge in [0.15, 0.2) is 0 Å². The van der Waals surface area contributed by atoms with Crippen molar-refractivity contribution in [1.82, 2.24) is 0 Å². The van der Waals surface area contributed by atoms with Crippen LogP contribution in [0.3, 0.4) is 0 Å². The van der Waals surface area contributed by atoms with Crippen LogP contribution in [0.5, 0.6) is 11.5 Å². The summed E-state index contributed by atoms with van der Waals surface area (Å²) in [6.45, 7) is 3.23. The van der Waals surface area contributed by atoms with E-state index in [1.54, 1.807) is 19.9 Å². The number of hydrogen-bond acceptors (Lipinski definition) is 3. The van der Waals surface area contributed by atoms with Crippen LogP contribution >= 0.6 is 15.9 Å². The molecule has 4 nitrogen and oxygen atoms in total. The van der Waals surface area contributed by atoms with Crippen LogP contribution in [0.15, 0.2) is 16.6 Å². The lowest BCUT2D eigenvalue weighted by atomic mass is 9.85. The zero-order valence-corrected chi connectivity index (χ0v) is 11.5. The number of benzene rings is 1. The molecule has 0 aromatic heterocycles. The SMILES string of the molecule is COc1cc(CC(C)(C)C(=O)O)c(O)cc1Br. The maximum atomic E-state index is 11.0. The Kier molecular flexibility index (Phi) is 4.03. The number of phenols is 1.